The Balaban J connectivity index is 1.77. The van der Waals surface area contributed by atoms with E-state index in [0.29, 0.717) is 5.92 Å². The van der Waals surface area contributed by atoms with Crippen molar-refractivity contribution in [2.45, 2.75) is 25.7 Å². The van der Waals surface area contributed by atoms with Crippen LogP contribution >= 0.6 is 0 Å². The molecule has 0 bridgehead atoms. The van der Waals surface area contributed by atoms with E-state index >= 15 is 0 Å². The number of hydrogen-bond acceptors (Lipinski definition) is 3. The van der Waals surface area contributed by atoms with Crippen molar-refractivity contribution in [1.82, 2.24) is 9.21 Å². The van der Waals surface area contributed by atoms with Crippen LogP contribution in [0.3, 0.4) is 0 Å². The molecule has 128 valence electrons. The Morgan fingerprint density at radius 1 is 1.17 bits per heavy atom. The van der Waals surface area contributed by atoms with Gasteiger partial charge in [-0.05, 0) is 30.7 Å². The first-order valence-electron chi connectivity index (χ1n) is 8.10. The summed E-state index contributed by atoms with van der Waals surface area (Å²) in [6.45, 7) is 1.47. The Labute approximate surface area is 139 Å². The van der Waals surface area contributed by atoms with Gasteiger partial charge in [0.15, 0.2) is 0 Å². The second-order valence-electron chi connectivity index (χ2n) is 6.36. The van der Waals surface area contributed by atoms with Gasteiger partial charge < -0.3 is 4.90 Å². The van der Waals surface area contributed by atoms with E-state index in [1.165, 1.54) is 24.0 Å². The molecule has 0 atom stereocenters. The Kier molecular flexibility index (Phi) is 6.18. The number of sulfonamides is 1. The van der Waals surface area contributed by atoms with Crippen molar-refractivity contribution < 1.29 is 13.2 Å². The van der Waals surface area contributed by atoms with E-state index in [4.69, 9.17) is 0 Å². The lowest BCUT2D eigenvalue weighted by Crippen LogP contribution is -2.40. The van der Waals surface area contributed by atoms with Gasteiger partial charge in [0.05, 0.1) is 5.75 Å². The van der Waals surface area contributed by atoms with Gasteiger partial charge >= 0.3 is 0 Å². The molecule has 1 aliphatic rings. The first-order valence-corrected chi connectivity index (χ1v) is 9.71. The average molecular weight is 338 g/mol. The van der Waals surface area contributed by atoms with Gasteiger partial charge in [-0.3, -0.25) is 4.79 Å². The fourth-order valence-corrected chi connectivity index (χ4v) is 3.69. The summed E-state index contributed by atoms with van der Waals surface area (Å²) in [6, 6.07) is 10.4. The third-order valence-electron chi connectivity index (χ3n) is 4.46. The van der Waals surface area contributed by atoms with Crippen molar-refractivity contribution >= 4 is 15.9 Å². The largest absolute Gasteiger partial charge is 0.343 e. The molecule has 6 heteroatoms. The van der Waals surface area contributed by atoms with E-state index in [1.54, 1.807) is 0 Å². The van der Waals surface area contributed by atoms with Gasteiger partial charge in [0.2, 0.25) is 15.9 Å². The molecule has 1 fully saturated rings. The van der Waals surface area contributed by atoms with E-state index in [9.17, 15) is 13.2 Å². The maximum atomic E-state index is 12.2. The average Bonchev–Trinajstić information content (AvgIpc) is 2.54. The van der Waals surface area contributed by atoms with E-state index < -0.39 is 10.0 Å². The summed E-state index contributed by atoms with van der Waals surface area (Å²) in [4.78, 5) is 14.0. The summed E-state index contributed by atoms with van der Waals surface area (Å²) in [6.07, 6.45) is 3.10. The number of nitrogens with zero attached hydrogens (tertiary/aromatic N) is 2. The van der Waals surface area contributed by atoms with Crippen LogP contribution < -0.4 is 0 Å². The standard InChI is InChI=1S/C17H26N2O3S/c1-18(2)23(21,22)13-10-17(20)19-11-8-16(9-12-19)14-15-6-4-3-5-7-15/h3-7,16H,8-14H2,1-2H3. The van der Waals surface area contributed by atoms with Gasteiger partial charge in [0.1, 0.15) is 0 Å². The summed E-state index contributed by atoms with van der Waals surface area (Å²) in [5.41, 5.74) is 1.34. The first-order chi connectivity index (χ1) is 10.9. The molecule has 1 amide bonds. The lowest BCUT2D eigenvalue weighted by atomic mass is 9.90. The summed E-state index contributed by atoms with van der Waals surface area (Å²) in [5, 5.41) is 0. The van der Waals surface area contributed by atoms with Crippen LogP contribution in [-0.2, 0) is 21.2 Å². The predicted octanol–water partition coefficient (Wildman–Crippen LogP) is 1.75. The maximum absolute atomic E-state index is 12.2. The Bertz CT molecular complexity index is 606. The van der Waals surface area contributed by atoms with Gasteiger partial charge in [-0.2, -0.15) is 0 Å². The van der Waals surface area contributed by atoms with Gasteiger partial charge in [0, 0.05) is 33.6 Å². The summed E-state index contributed by atoms with van der Waals surface area (Å²) >= 11 is 0. The molecule has 5 nitrogen and oxygen atoms in total. The van der Waals surface area contributed by atoms with E-state index in [2.05, 4.69) is 24.3 Å². The molecule has 0 saturated carbocycles. The minimum atomic E-state index is -3.30. The molecule has 23 heavy (non-hydrogen) atoms. The zero-order valence-electron chi connectivity index (χ0n) is 13.9. The number of rotatable bonds is 6. The second kappa shape index (κ2) is 7.93. The van der Waals surface area contributed by atoms with E-state index in [1.807, 2.05) is 11.0 Å². The number of piperidine rings is 1. The van der Waals surface area contributed by atoms with Crippen molar-refractivity contribution in [2.75, 3.05) is 32.9 Å². The normalized spacial score (nSPS) is 16.7. The molecular formula is C17H26N2O3S. The van der Waals surface area contributed by atoms with Crippen molar-refractivity contribution in [1.29, 1.82) is 0 Å². The van der Waals surface area contributed by atoms with Crippen LogP contribution in [0.1, 0.15) is 24.8 Å². The molecule has 0 radical (unpaired) electrons. The van der Waals surface area contributed by atoms with Crippen molar-refractivity contribution in [3.05, 3.63) is 35.9 Å². The molecule has 0 N–H and O–H groups in total. The highest BCUT2D eigenvalue weighted by atomic mass is 32.2. The van der Waals surface area contributed by atoms with Crippen LogP contribution in [0, 0.1) is 5.92 Å². The summed E-state index contributed by atoms with van der Waals surface area (Å²) in [7, 11) is -0.308. The summed E-state index contributed by atoms with van der Waals surface area (Å²) < 4.78 is 24.6. The minimum Gasteiger partial charge on any atom is -0.343 e. The highest BCUT2D eigenvalue weighted by Gasteiger charge is 2.24. The third kappa shape index (κ3) is 5.32. The molecule has 0 aliphatic carbocycles. The quantitative estimate of drug-likeness (QED) is 0.794. The SMILES string of the molecule is CN(C)S(=O)(=O)CCC(=O)N1CCC(Cc2ccccc2)CC1. The Morgan fingerprint density at radius 3 is 2.35 bits per heavy atom. The number of hydrogen-bond donors (Lipinski definition) is 0. The molecule has 1 aliphatic heterocycles. The van der Waals surface area contributed by atoms with Crippen molar-refractivity contribution in [3.8, 4) is 0 Å². The molecule has 0 unspecified atom stereocenters. The zero-order valence-corrected chi connectivity index (χ0v) is 14.8. The highest BCUT2D eigenvalue weighted by Crippen LogP contribution is 2.22. The number of carbonyl (C=O) groups is 1. The molecule has 1 aromatic carbocycles. The monoisotopic (exact) mass is 338 g/mol. The van der Waals surface area contributed by atoms with Crippen molar-refractivity contribution in [3.63, 3.8) is 0 Å². The molecule has 0 spiro atoms. The second-order valence-corrected chi connectivity index (χ2v) is 8.66. The molecule has 1 saturated heterocycles. The first kappa shape index (κ1) is 17.9. The predicted molar refractivity (Wildman–Crippen MR) is 91.5 cm³/mol. The van der Waals surface area contributed by atoms with Crippen LogP contribution in [0.15, 0.2) is 30.3 Å². The lowest BCUT2D eigenvalue weighted by molar-refractivity contribution is -0.132. The summed E-state index contributed by atoms with van der Waals surface area (Å²) in [5.74, 6) is 0.448. The maximum Gasteiger partial charge on any atom is 0.223 e. The minimum absolute atomic E-state index is 0.0476. The van der Waals surface area contributed by atoms with Gasteiger partial charge in [-0.15, -0.1) is 0 Å². The van der Waals surface area contributed by atoms with E-state index in [-0.39, 0.29) is 18.1 Å². The van der Waals surface area contributed by atoms with Gasteiger partial charge in [0.25, 0.3) is 0 Å². The smallest absolute Gasteiger partial charge is 0.223 e. The third-order valence-corrected chi connectivity index (χ3v) is 6.30. The zero-order chi connectivity index (χ0) is 16.9. The highest BCUT2D eigenvalue weighted by molar-refractivity contribution is 7.89. The Hall–Kier alpha value is -1.40. The van der Waals surface area contributed by atoms with E-state index in [0.717, 1.165) is 32.4 Å². The number of likely N-dealkylation sites (tertiary alicyclic amines) is 1. The van der Waals surface area contributed by atoms with Crippen LogP contribution in [0.5, 0.6) is 0 Å². The number of carbonyl (C=O) groups excluding carboxylic acids is 1. The van der Waals surface area contributed by atoms with Gasteiger partial charge in [-0.1, -0.05) is 30.3 Å². The molecule has 1 heterocycles. The fourth-order valence-electron chi connectivity index (χ4n) is 2.89. The van der Waals surface area contributed by atoms with Crippen LogP contribution in [0.2, 0.25) is 0 Å². The molecular weight excluding hydrogens is 312 g/mol. The lowest BCUT2D eigenvalue weighted by Gasteiger charge is -2.32. The van der Waals surface area contributed by atoms with Crippen LogP contribution in [-0.4, -0.2) is 56.5 Å². The molecule has 1 aromatic rings. The van der Waals surface area contributed by atoms with Crippen molar-refractivity contribution in [2.24, 2.45) is 5.92 Å². The number of amides is 1. The topological polar surface area (TPSA) is 57.7 Å². The Morgan fingerprint density at radius 2 is 1.78 bits per heavy atom. The molecule has 0 aromatic heterocycles. The molecule has 2 rings (SSSR count). The van der Waals surface area contributed by atoms with Crippen LogP contribution in [0.25, 0.3) is 0 Å². The number of benzene rings is 1. The fraction of sp³-hybridized carbons (Fsp3) is 0.588. The van der Waals surface area contributed by atoms with Crippen LogP contribution in [0.4, 0.5) is 0 Å². The van der Waals surface area contributed by atoms with Gasteiger partial charge in [-0.25, -0.2) is 12.7 Å².